The van der Waals surface area contributed by atoms with E-state index in [2.05, 4.69) is 57.2 Å². The fraction of sp³-hybridized carbons (Fsp3) is 0.859. The lowest BCUT2D eigenvalue weighted by Gasteiger charge is -2.18. The summed E-state index contributed by atoms with van der Waals surface area (Å²) in [5.74, 6) is -0.862. The van der Waals surface area contributed by atoms with Gasteiger partial charge in [-0.25, -0.2) is 0 Å². The van der Waals surface area contributed by atoms with E-state index < -0.39 is 6.10 Å². The van der Waals surface area contributed by atoms with E-state index in [0.717, 1.165) is 77.0 Å². The predicted molar refractivity (Wildman–Crippen MR) is 302 cm³/mol. The zero-order valence-corrected chi connectivity index (χ0v) is 47.1. The van der Waals surface area contributed by atoms with Gasteiger partial charge in [-0.1, -0.05) is 295 Å². The summed E-state index contributed by atoms with van der Waals surface area (Å²) in [4.78, 5) is 38.2. The molecule has 0 saturated heterocycles. The molecule has 0 heterocycles. The van der Waals surface area contributed by atoms with E-state index in [-0.39, 0.29) is 31.1 Å². The fourth-order valence-corrected chi connectivity index (χ4v) is 9.22. The second-order valence-electron chi connectivity index (χ2n) is 21.0. The average Bonchev–Trinajstić information content (AvgIpc) is 3.36. The maximum Gasteiger partial charge on any atom is 0.306 e. The molecule has 0 spiro atoms. The van der Waals surface area contributed by atoms with Gasteiger partial charge < -0.3 is 14.2 Å². The van der Waals surface area contributed by atoms with Gasteiger partial charge in [0.05, 0.1) is 0 Å². The van der Waals surface area contributed by atoms with Gasteiger partial charge in [0.15, 0.2) is 6.10 Å². The summed E-state index contributed by atoms with van der Waals surface area (Å²) >= 11 is 0. The third-order valence-electron chi connectivity index (χ3n) is 13.9. The SMILES string of the molecule is CCCCCCC/C=C\C/C=C\C/C=C\CCCCCCCCC(=O)OCC(COC(=O)CCCCCCCCCCCCCC)OC(=O)CCCCCCCCCCCCCCCCCCCCC. The van der Waals surface area contributed by atoms with Crippen molar-refractivity contribution in [2.24, 2.45) is 0 Å². The number of rotatable bonds is 57. The van der Waals surface area contributed by atoms with Crippen molar-refractivity contribution < 1.29 is 28.6 Å². The molecule has 0 radical (unpaired) electrons. The summed E-state index contributed by atoms with van der Waals surface area (Å²) < 4.78 is 16.9. The number of unbranched alkanes of at least 4 members (excludes halogenated alkanes) is 40. The zero-order valence-electron chi connectivity index (χ0n) is 47.1. The highest BCUT2D eigenvalue weighted by Gasteiger charge is 2.19. The largest absolute Gasteiger partial charge is 0.462 e. The molecular formula is C64H118O6. The molecule has 0 aromatic heterocycles. The van der Waals surface area contributed by atoms with Crippen molar-refractivity contribution in [3.05, 3.63) is 36.5 Å². The van der Waals surface area contributed by atoms with Crippen LogP contribution >= 0.6 is 0 Å². The molecule has 0 saturated carbocycles. The Morgan fingerprint density at radius 1 is 0.286 bits per heavy atom. The molecule has 410 valence electrons. The highest BCUT2D eigenvalue weighted by Crippen LogP contribution is 2.17. The van der Waals surface area contributed by atoms with E-state index in [1.54, 1.807) is 0 Å². The number of carbonyl (C=O) groups excluding carboxylic acids is 3. The summed E-state index contributed by atoms with van der Waals surface area (Å²) in [5, 5.41) is 0. The first-order valence-corrected chi connectivity index (χ1v) is 31.0. The van der Waals surface area contributed by atoms with Crippen LogP contribution < -0.4 is 0 Å². The molecule has 0 aromatic carbocycles. The van der Waals surface area contributed by atoms with Crippen molar-refractivity contribution in [1.29, 1.82) is 0 Å². The van der Waals surface area contributed by atoms with E-state index in [9.17, 15) is 14.4 Å². The lowest BCUT2D eigenvalue weighted by atomic mass is 10.0. The summed E-state index contributed by atoms with van der Waals surface area (Å²) in [7, 11) is 0. The van der Waals surface area contributed by atoms with Crippen LogP contribution in [0.2, 0.25) is 0 Å². The molecule has 6 nitrogen and oxygen atoms in total. The molecule has 0 aliphatic rings. The van der Waals surface area contributed by atoms with Crippen LogP contribution in [0.4, 0.5) is 0 Å². The van der Waals surface area contributed by atoms with Crippen molar-refractivity contribution in [3.8, 4) is 0 Å². The zero-order chi connectivity index (χ0) is 50.7. The van der Waals surface area contributed by atoms with Gasteiger partial charge in [-0.15, -0.1) is 0 Å². The molecule has 6 heteroatoms. The van der Waals surface area contributed by atoms with Crippen LogP contribution in [0.5, 0.6) is 0 Å². The molecule has 0 fully saturated rings. The summed E-state index contributed by atoms with van der Waals surface area (Å²) in [6.07, 6.45) is 71.4. The molecule has 0 aliphatic carbocycles. The second kappa shape index (κ2) is 59.2. The molecule has 0 amide bonds. The van der Waals surface area contributed by atoms with Crippen LogP contribution in [0, 0.1) is 0 Å². The highest BCUT2D eigenvalue weighted by atomic mass is 16.6. The van der Waals surface area contributed by atoms with Crippen LogP contribution in [0.1, 0.15) is 335 Å². The fourth-order valence-electron chi connectivity index (χ4n) is 9.22. The Kier molecular flexibility index (Phi) is 57.2. The minimum atomic E-state index is -0.773. The average molecular weight is 984 g/mol. The number of ether oxygens (including phenoxy) is 3. The van der Waals surface area contributed by atoms with E-state index in [1.807, 2.05) is 0 Å². The lowest BCUT2D eigenvalue weighted by Crippen LogP contribution is -2.30. The minimum absolute atomic E-state index is 0.0713. The van der Waals surface area contributed by atoms with Crippen LogP contribution in [-0.2, 0) is 28.6 Å². The van der Waals surface area contributed by atoms with Gasteiger partial charge in [-0.05, 0) is 57.8 Å². The second-order valence-corrected chi connectivity index (χ2v) is 21.0. The van der Waals surface area contributed by atoms with Gasteiger partial charge in [0.2, 0.25) is 0 Å². The van der Waals surface area contributed by atoms with Crippen molar-refractivity contribution in [2.45, 2.75) is 341 Å². The van der Waals surface area contributed by atoms with Crippen molar-refractivity contribution in [2.75, 3.05) is 13.2 Å². The maximum absolute atomic E-state index is 12.9. The molecule has 0 aromatic rings. The molecule has 0 N–H and O–H groups in total. The van der Waals surface area contributed by atoms with Crippen LogP contribution in [0.3, 0.4) is 0 Å². The van der Waals surface area contributed by atoms with Crippen molar-refractivity contribution >= 4 is 17.9 Å². The third kappa shape index (κ3) is 56.5. The molecule has 0 bridgehead atoms. The van der Waals surface area contributed by atoms with Crippen LogP contribution in [-0.4, -0.2) is 37.2 Å². The van der Waals surface area contributed by atoms with Crippen LogP contribution in [0.25, 0.3) is 0 Å². The number of allylic oxidation sites excluding steroid dienone is 6. The van der Waals surface area contributed by atoms with Gasteiger partial charge >= 0.3 is 17.9 Å². The number of hydrogen-bond donors (Lipinski definition) is 0. The van der Waals surface area contributed by atoms with Crippen molar-refractivity contribution in [3.63, 3.8) is 0 Å². The van der Waals surface area contributed by atoms with Gasteiger partial charge in [0, 0.05) is 19.3 Å². The molecule has 0 aliphatic heterocycles. The Hall–Kier alpha value is -2.37. The quantitative estimate of drug-likeness (QED) is 0.0261. The Labute approximate surface area is 435 Å². The van der Waals surface area contributed by atoms with E-state index in [1.165, 1.54) is 218 Å². The monoisotopic (exact) mass is 983 g/mol. The van der Waals surface area contributed by atoms with Crippen LogP contribution in [0.15, 0.2) is 36.5 Å². The first-order chi connectivity index (χ1) is 34.5. The van der Waals surface area contributed by atoms with E-state index >= 15 is 0 Å². The number of hydrogen-bond acceptors (Lipinski definition) is 6. The summed E-state index contributed by atoms with van der Waals surface area (Å²) in [6, 6.07) is 0. The smallest absolute Gasteiger partial charge is 0.306 e. The summed E-state index contributed by atoms with van der Waals surface area (Å²) in [5.41, 5.74) is 0. The predicted octanol–water partition coefficient (Wildman–Crippen LogP) is 20.8. The van der Waals surface area contributed by atoms with E-state index in [0.29, 0.717) is 19.3 Å². The number of esters is 3. The maximum atomic E-state index is 12.9. The standard InChI is InChI=1S/C64H118O6/c1-4-7-10-13-16-19-22-25-27-29-31-32-34-35-37-39-42-45-48-51-54-57-63(66)69-60-61(59-68-62(65)56-53-50-47-44-41-24-21-18-15-12-9-6-3)70-64(67)58-55-52-49-46-43-40-38-36-33-30-28-26-23-20-17-14-11-8-5-2/h22,25,29,31,34-35,61H,4-21,23-24,26-28,30,32-33,36-60H2,1-3H3/b25-22-,31-29-,35-34-. The molecular weight excluding hydrogens is 865 g/mol. The Bertz CT molecular complexity index is 1170. The Morgan fingerprint density at radius 2 is 0.514 bits per heavy atom. The number of carbonyl (C=O) groups is 3. The first kappa shape index (κ1) is 67.6. The Balaban J connectivity index is 4.31. The highest BCUT2D eigenvalue weighted by molar-refractivity contribution is 5.71. The first-order valence-electron chi connectivity index (χ1n) is 31.0. The van der Waals surface area contributed by atoms with E-state index in [4.69, 9.17) is 14.2 Å². The Morgan fingerprint density at radius 3 is 0.800 bits per heavy atom. The van der Waals surface area contributed by atoms with Gasteiger partial charge in [-0.2, -0.15) is 0 Å². The molecule has 1 unspecified atom stereocenters. The molecule has 1 atom stereocenters. The van der Waals surface area contributed by atoms with Gasteiger partial charge in [0.25, 0.3) is 0 Å². The molecule has 0 rings (SSSR count). The summed E-state index contributed by atoms with van der Waals surface area (Å²) in [6.45, 7) is 6.67. The topological polar surface area (TPSA) is 78.9 Å². The molecule has 70 heavy (non-hydrogen) atoms. The minimum Gasteiger partial charge on any atom is -0.462 e. The van der Waals surface area contributed by atoms with Gasteiger partial charge in [-0.3, -0.25) is 14.4 Å². The third-order valence-corrected chi connectivity index (χ3v) is 13.9. The van der Waals surface area contributed by atoms with Gasteiger partial charge in [0.1, 0.15) is 13.2 Å². The lowest BCUT2D eigenvalue weighted by molar-refractivity contribution is -0.167. The van der Waals surface area contributed by atoms with Crippen molar-refractivity contribution in [1.82, 2.24) is 0 Å². The normalized spacial score (nSPS) is 12.2.